The molecule has 0 amide bonds. The van der Waals surface area contributed by atoms with Crippen LogP contribution in [0.3, 0.4) is 0 Å². The molecule has 2 aliphatic carbocycles. The predicted molar refractivity (Wildman–Crippen MR) is 48.0 cm³/mol. The normalized spacial score (nSPS) is 59.8. The Labute approximate surface area is 78.4 Å². The SMILES string of the molecule is CC(C)C12CC1C(C)(O)C(O)C2O. The Kier molecular flexibility index (Phi) is 1.65. The van der Waals surface area contributed by atoms with Crippen molar-refractivity contribution in [2.24, 2.45) is 17.3 Å². The van der Waals surface area contributed by atoms with Crippen molar-refractivity contribution in [2.75, 3.05) is 0 Å². The number of hydrogen-bond donors (Lipinski definition) is 3. The smallest absolute Gasteiger partial charge is 0.109 e. The van der Waals surface area contributed by atoms with Crippen molar-refractivity contribution >= 4 is 0 Å². The second-order valence-electron chi connectivity index (χ2n) is 5.14. The Morgan fingerprint density at radius 1 is 1.23 bits per heavy atom. The molecule has 0 aromatic heterocycles. The maximum absolute atomic E-state index is 9.95. The molecular weight excluding hydrogens is 168 g/mol. The first kappa shape index (κ1) is 9.44. The molecule has 0 radical (unpaired) electrons. The summed E-state index contributed by atoms with van der Waals surface area (Å²) in [6.45, 7) is 5.71. The van der Waals surface area contributed by atoms with Gasteiger partial charge in [0.25, 0.3) is 0 Å². The van der Waals surface area contributed by atoms with Crippen LogP contribution in [0.5, 0.6) is 0 Å². The third-order valence-corrected chi connectivity index (χ3v) is 4.28. The fraction of sp³-hybridized carbons (Fsp3) is 1.00. The fourth-order valence-corrected chi connectivity index (χ4v) is 3.17. The largest absolute Gasteiger partial charge is 0.390 e. The van der Waals surface area contributed by atoms with Crippen molar-refractivity contribution < 1.29 is 15.3 Å². The lowest BCUT2D eigenvalue weighted by molar-refractivity contribution is -0.103. The average molecular weight is 186 g/mol. The molecule has 0 aromatic rings. The van der Waals surface area contributed by atoms with E-state index in [-0.39, 0.29) is 11.3 Å². The summed E-state index contributed by atoms with van der Waals surface area (Å²) in [6, 6.07) is 0. The van der Waals surface area contributed by atoms with E-state index in [0.29, 0.717) is 5.92 Å². The van der Waals surface area contributed by atoms with Gasteiger partial charge in [-0.3, -0.25) is 0 Å². The van der Waals surface area contributed by atoms with Crippen molar-refractivity contribution in [1.29, 1.82) is 0 Å². The number of aliphatic hydroxyl groups is 3. The van der Waals surface area contributed by atoms with Crippen LogP contribution < -0.4 is 0 Å². The summed E-state index contributed by atoms with van der Waals surface area (Å²) in [5.74, 6) is 0.390. The summed E-state index contributed by atoms with van der Waals surface area (Å²) in [5.41, 5.74) is -1.31. The molecule has 0 aliphatic heterocycles. The van der Waals surface area contributed by atoms with Gasteiger partial charge in [-0.15, -0.1) is 0 Å². The zero-order valence-corrected chi connectivity index (χ0v) is 8.36. The molecule has 0 heterocycles. The number of aliphatic hydroxyl groups excluding tert-OH is 2. The lowest BCUT2D eigenvalue weighted by Crippen LogP contribution is -2.44. The molecule has 2 fully saturated rings. The Hall–Kier alpha value is -0.120. The van der Waals surface area contributed by atoms with E-state index in [0.717, 1.165) is 6.42 Å². The van der Waals surface area contributed by atoms with Crippen molar-refractivity contribution in [3.63, 3.8) is 0 Å². The highest BCUT2D eigenvalue weighted by molar-refractivity contribution is 5.25. The predicted octanol–water partition coefficient (Wildman–Crippen LogP) is 0.135. The molecule has 0 spiro atoms. The molecule has 3 nitrogen and oxygen atoms in total. The van der Waals surface area contributed by atoms with Gasteiger partial charge in [-0.1, -0.05) is 13.8 Å². The zero-order chi connectivity index (χ0) is 10.0. The third-order valence-electron chi connectivity index (χ3n) is 4.28. The van der Waals surface area contributed by atoms with Crippen molar-refractivity contribution in [1.82, 2.24) is 0 Å². The van der Waals surface area contributed by atoms with Gasteiger partial charge in [0.05, 0.1) is 11.7 Å². The van der Waals surface area contributed by atoms with Crippen molar-refractivity contribution in [3.8, 4) is 0 Å². The van der Waals surface area contributed by atoms with Gasteiger partial charge in [-0.25, -0.2) is 0 Å². The average Bonchev–Trinajstić information content (AvgIpc) is 2.73. The van der Waals surface area contributed by atoms with Gasteiger partial charge >= 0.3 is 0 Å². The Bertz CT molecular complexity index is 232. The lowest BCUT2D eigenvalue weighted by Gasteiger charge is -2.28. The molecule has 2 aliphatic rings. The molecule has 0 aromatic carbocycles. The van der Waals surface area contributed by atoms with E-state index in [4.69, 9.17) is 0 Å². The Morgan fingerprint density at radius 2 is 1.77 bits per heavy atom. The Morgan fingerprint density at radius 3 is 2.00 bits per heavy atom. The van der Waals surface area contributed by atoms with Crippen LogP contribution in [0.1, 0.15) is 27.2 Å². The summed E-state index contributed by atoms with van der Waals surface area (Å²) in [6.07, 6.45) is -0.892. The number of hydrogen-bond acceptors (Lipinski definition) is 3. The summed E-state index contributed by atoms with van der Waals surface area (Å²) in [5, 5.41) is 29.4. The molecular formula is C10H18O3. The minimum Gasteiger partial charge on any atom is -0.390 e. The molecule has 5 atom stereocenters. The standard InChI is InChI=1S/C10H18O3/c1-5(2)10-4-6(10)9(3,13)7(11)8(10)12/h5-8,11-13H,4H2,1-3H3. The van der Waals surface area contributed by atoms with Crippen LogP contribution in [-0.2, 0) is 0 Å². The van der Waals surface area contributed by atoms with Crippen LogP contribution in [0.25, 0.3) is 0 Å². The molecule has 0 saturated heterocycles. The molecule has 2 rings (SSSR count). The highest BCUT2D eigenvalue weighted by Crippen LogP contribution is 2.70. The van der Waals surface area contributed by atoms with Crippen LogP contribution in [0.15, 0.2) is 0 Å². The number of rotatable bonds is 1. The van der Waals surface area contributed by atoms with Crippen LogP contribution in [0, 0.1) is 17.3 Å². The van der Waals surface area contributed by atoms with Gasteiger partial charge in [-0.05, 0) is 25.2 Å². The van der Waals surface area contributed by atoms with Gasteiger partial charge in [0, 0.05) is 5.41 Å². The molecule has 13 heavy (non-hydrogen) atoms. The van der Waals surface area contributed by atoms with Crippen LogP contribution in [0.4, 0.5) is 0 Å². The molecule has 3 N–H and O–H groups in total. The van der Waals surface area contributed by atoms with Crippen molar-refractivity contribution in [3.05, 3.63) is 0 Å². The molecule has 76 valence electrons. The maximum atomic E-state index is 9.95. The molecule has 0 bridgehead atoms. The second-order valence-corrected chi connectivity index (χ2v) is 5.14. The first-order chi connectivity index (χ1) is 5.85. The lowest BCUT2D eigenvalue weighted by atomic mass is 9.87. The van der Waals surface area contributed by atoms with E-state index < -0.39 is 17.8 Å². The van der Waals surface area contributed by atoms with E-state index in [2.05, 4.69) is 0 Å². The van der Waals surface area contributed by atoms with E-state index >= 15 is 0 Å². The monoisotopic (exact) mass is 186 g/mol. The summed E-state index contributed by atoms with van der Waals surface area (Å²) < 4.78 is 0. The van der Waals surface area contributed by atoms with Gasteiger partial charge in [0.1, 0.15) is 6.10 Å². The third kappa shape index (κ3) is 0.853. The van der Waals surface area contributed by atoms with E-state index in [1.54, 1.807) is 6.92 Å². The highest BCUT2D eigenvalue weighted by Gasteiger charge is 2.76. The van der Waals surface area contributed by atoms with Crippen molar-refractivity contribution in [2.45, 2.75) is 45.0 Å². The first-order valence-electron chi connectivity index (χ1n) is 4.93. The zero-order valence-electron chi connectivity index (χ0n) is 8.36. The topological polar surface area (TPSA) is 60.7 Å². The summed E-state index contributed by atoms with van der Waals surface area (Å²) in [4.78, 5) is 0. The molecule has 5 unspecified atom stereocenters. The van der Waals surface area contributed by atoms with E-state index in [9.17, 15) is 15.3 Å². The summed E-state index contributed by atoms with van der Waals surface area (Å²) >= 11 is 0. The van der Waals surface area contributed by atoms with Gasteiger partial charge in [-0.2, -0.15) is 0 Å². The summed E-state index contributed by atoms with van der Waals surface area (Å²) in [7, 11) is 0. The first-order valence-corrected chi connectivity index (χ1v) is 4.93. The van der Waals surface area contributed by atoms with E-state index in [1.165, 1.54) is 0 Å². The maximum Gasteiger partial charge on any atom is 0.109 e. The fourth-order valence-electron chi connectivity index (χ4n) is 3.17. The minimum atomic E-state index is -1.09. The van der Waals surface area contributed by atoms with Gasteiger partial charge < -0.3 is 15.3 Å². The molecule has 2 saturated carbocycles. The molecule has 3 heteroatoms. The Balaban J connectivity index is 2.32. The van der Waals surface area contributed by atoms with Gasteiger partial charge in [0.2, 0.25) is 0 Å². The highest BCUT2D eigenvalue weighted by atomic mass is 16.4. The second kappa shape index (κ2) is 2.27. The van der Waals surface area contributed by atoms with Gasteiger partial charge in [0.15, 0.2) is 0 Å². The van der Waals surface area contributed by atoms with E-state index in [1.807, 2.05) is 13.8 Å². The quantitative estimate of drug-likeness (QED) is 0.545. The minimum absolute atomic E-state index is 0.0741. The van der Waals surface area contributed by atoms with Crippen LogP contribution in [0.2, 0.25) is 0 Å². The number of fused-ring (bicyclic) bond motifs is 1. The van der Waals surface area contributed by atoms with Crippen LogP contribution >= 0.6 is 0 Å². The van der Waals surface area contributed by atoms with Crippen LogP contribution in [-0.4, -0.2) is 33.1 Å².